The Morgan fingerprint density at radius 2 is 1.75 bits per heavy atom. The molecule has 2 amide bonds. The van der Waals surface area contributed by atoms with Crippen molar-refractivity contribution >= 4 is 27.9 Å². The predicted octanol–water partition coefficient (Wildman–Crippen LogP) is -2.59. The molecule has 0 spiro atoms. The molecule has 12 heteroatoms. The second kappa shape index (κ2) is 10.9. The van der Waals surface area contributed by atoms with Crippen LogP contribution in [-0.2, 0) is 24.5 Å². The number of hydrogen-bond acceptors (Lipinski definition) is 7. The average Bonchev–Trinajstić information content (AvgIpc) is 2.44. The smallest absolute Gasteiger partial charge is 0.305 e. The molecule has 140 valence electrons. The zero-order valence-corrected chi connectivity index (χ0v) is 13.9. The van der Waals surface area contributed by atoms with E-state index in [1.54, 1.807) is 0 Å². The van der Waals surface area contributed by atoms with Gasteiger partial charge in [0.05, 0.1) is 12.5 Å². The zero-order chi connectivity index (χ0) is 18.8. The van der Waals surface area contributed by atoms with Gasteiger partial charge in [-0.3, -0.25) is 18.9 Å². The summed E-state index contributed by atoms with van der Waals surface area (Å²) in [6.45, 7) is 0.181. The molecule has 0 aromatic rings. The largest absolute Gasteiger partial charge is 0.481 e. The Labute approximate surface area is 139 Å². The Morgan fingerprint density at radius 3 is 2.25 bits per heavy atom. The fourth-order valence-electron chi connectivity index (χ4n) is 1.73. The molecule has 8 N–H and O–H groups in total. The molecule has 0 aromatic heterocycles. The monoisotopic (exact) mass is 368 g/mol. The van der Waals surface area contributed by atoms with Gasteiger partial charge in [-0.1, -0.05) is 6.42 Å². The molecule has 24 heavy (non-hydrogen) atoms. The van der Waals surface area contributed by atoms with Crippen LogP contribution in [0, 0.1) is 0 Å². The van der Waals surface area contributed by atoms with Crippen LogP contribution in [0.15, 0.2) is 0 Å². The summed E-state index contributed by atoms with van der Waals surface area (Å²) in [5, 5.41) is 12.8. The number of carbonyl (C=O) groups is 3. The Hall–Kier alpha value is -1.76. The fourth-order valence-corrected chi connectivity index (χ4v) is 2.38. The van der Waals surface area contributed by atoms with Gasteiger partial charge in [-0.2, -0.15) is 8.42 Å². The molecule has 0 saturated carbocycles. The number of rotatable bonds is 12. The standard InChI is InChI=1S/C12H24N4O7S/c13-5-2-1-3-8(14)11(19)16-9(7-24(21,22)23)12(20)15-6-4-10(17)18/h8-9H,1-7,13-14H2,(H,15,20)(H,16,19)(H,17,18)(H,21,22,23). The highest BCUT2D eigenvalue weighted by Gasteiger charge is 2.27. The molecule has 0 aliphatic carbocycles. The first kappa shape index (κ1) is 22.2. The quantitative estimate of drug-likeness (QED) is 0.158. The van der Waals surface area contributed by atoms with Crippen LogP contribution in [0.25, 0.3) is 0 Å². The second-order valence-corrected chi connectivity index (χ2v) is 6.63. The van der Waals surface area contributed by atoms with Crippen molar-refractivity contribution in [1.29, 1.82) is 0 Å². The molecule has 2 unspecified atom stereocenters. The van der Waals surface area contributed by atoms with Crippen molar-refractivity contribution in [3.63, 3.8) is 0 Å². The molecule has 0 aliphatic rings. The molecule has 0 aliphatic heterocycles. The molecule has 0 rings (SSSR count). The summed E-state index contributed by atoms with van der Waals surface area (Å²) in [6, 6.07) is -2.55. The summed E-state index contributed by atoms with van der Waals surface area (Å²) in [4.78, 5) is 34.2. The van der Waals surface area contributed by atoms with Crippen LogP contribution in [0.4, 0.5) is 0 Å². The van der Waals surface area contributed by atoms with Crippen LogP contribution >= 0.6 is 0 Å². The Morgan fingerprint density at radius 1 is 1.12 bits per heavy atom. The van der Waals surface area contributed by atoms with E-state index in [-0.39, 0.29) is 13.0 Å². The maximum absolute atomic E-state index is 11.9. The van der Waals surface area contributed by atoms with Crippen molar-refractivity contribution in [3.05, 3.63) is 0 Å². The van der Waals surface area contributed by atoms with E-state index in [1.807, 2.05) is 0 Å². The van der Waals surface area contributed by atoms with Crippen molar-refractivity contribution in [2.75, 3.05) is 18.8 Å². The van der Waals surface area contributed by atoms with Crippen LogP contribution in [0.2, 0.25) is 0 Å². The number of nitrogens with two attached hydrogens (primary N) is 2. The first-order valence-electron chi connectivity index (χ1n) is 7.27. The molecule has 11 nitrogen and oxygen atoms in total. The summed E-state index contributed by atoms with van der Waals surface area (Å²) in [7, 11) is -4.55. The molecule has 0 saturated heterocycles. The topological polar surface area (TPSA) is 202 Å². The lowest BCUT2D eigenvalue weighted by Gasteiger charge is -2.19. The lowest BCUT2D eigenvalue weighted by molar-refractivity contribution is -0.137. The van der Waals surface area contributed by atoms with Crippen LogP contribution in [0.5, 0.6) is 0 Å². The van der Waals surface area contributed by atoms with E-state index in [9.17, 15) is 22.8 Å². The van der Waals surface area contributed by atoms with E-state index in [1.165, 1.54) is 0 Å². The summed E-state index contributed by atoms with van der Waals surface area (Å²) in [5.41, 5.74) is 11.0. The molecule has 0 heterocycles. The van der Waals surface area contributed by atoms with E-state index < -0.39 is 45.7 Å². The van der Waals surface area contributed by atoms with E-state index in [0.717, 1.165) is 0 Å². The van der Waals surface area contributed by atoms with Gasteiger partial charge in [-0.15, -0.1) is 0 Å². The second-order valence-electron chi connectivity index (χ2n) is 5.14. The lowest BCUT2D eigenvalue weighted by Crippen LogP contribution is -2.54. The Kier molecular flexibility index (Phi) is 10.1. The minimum atomic E-state index is -4.55. The first-order valence-corrected chi connectivity index (χ1v) is 8.88. The van der Waals surface area contributed by atoms with Crippen LogP contribution in [0.1, 0.15) is 25.7 Å². The molecule has 0 aromatic carbocycles. The molecular weight excluding hydrogens is 344 g/mol. The van der Waals surface area contributed by atoms with Gasteiger partial charge in [0.2, 0.25) is 11.8 Å². The van der Waals surface area contributed by atoms with Gasteiger partial charge in [0.1, 0.15) is 11.8 Å². The fraction of sp³-hybridized carbons (Fsp3) is 0.750. The van der Waals surface area contributed by atoms with Gasteiger partial charge in [0.15, 0.2) is 0 Å². The molecule has 0 fully saturated rings. The normalized spacial score (nSPS) is 13.8. The van der Waals surface area contributed by atoms with E-state index in [4.69, 9.17) is 21.1 Å². The number of amides is 2. The van der Waals surface area contributed by atoms with Crippen LogP contribution in [0.3, 0.4) is 0 Å². The van der Waals surface area contributed by atoms with E-state index in [0.29, 0.717) is 25.8 Å². The number of unbranched alkanes of at least 4 members (excludes halogenated alkanes) is 1. The third kappa shape index (κ3) is 10.9. The predicted molar refractivity (Wildman–Crippen MR) is 84.5 cm³/mol. The van der Waals surface area contributed by atoms with Gasteiger partial charge in [-0.05, 0) is 19.4 Å². The number of carbonyl (C=O) groups excluding carboxylic acids is 2. The van der Waals surface area contributed by atoms with Gasteiger partial charge in [0, 0.05) is 6.54 Å². The maximum atomic E-state index is 11.9. The van der Waals surface area contributed by atoms with Gasteiger partial charge in [0.25, 0.3) is 10.1 Å². The highest BCUT2D eigenvalue weighted by molar-refractivity contribution is 7.85. The number of carboxylic acid groups (broad SMARTS) is 1. The SMILES string of the molecule is NCCCCC(N)C(=O)NC(CS(=O)(=O)O)C(=O)NCCC(=O)O. The highest BCUT2D eigenvalue weighted by atomic mass is 32.2. The summed E-state index contributed by atoms with van der Waals surface area (Å²) < 4.78 is 30.8. The van der Waals surface area contributed by atoms with E-state index in [2.05, 4.69) is 10.6 Å². The Balaban J connectivity index is 4.73. The van der Waals surface area contributed by atoms with Gasteiger partial charge < -0.3 is 27.2 Å². The first-order chi connectivity index (χ1) is 11.1. The number of nitrogens with one attached hydrogen (secondary N) is 2. The minimum absolute atomic E-state index is 0.255. The van der Waals surface area contributed by atoms with Crippen LogP contribution in [-0.4, -0.2) is 66.8 Å². The Bertz CT molecular complexity index is 538. The van der Waals surface area contributed by atoms with Crippen molar-refractivity contribution in [2.45, 2.75) is 37.8 Å². The van der Waals surface area contributed by atoms with Gasteiger partial charge >= 0.3 is 5.97 Å². The maximum Gasteiger partial charge on any atom is 0.305 e. The third-order valence-corrected chi connectivity index (χ3v) is 3.71. The number of carboxylic acids is 1. The molecule has 0 bridgehead atoms. The molecule has 0 radical (unpaired) electrons. The summed E-state index contributed by atoms with van der Waals surface area (Å²) >= 11 is 0. The number of hydrogen-bond donors (Lipinski definition) is 6. The van der Waals surface area contributed by atoms with Crippen LogP contribution < -0.4 is 22.1 Å². The lowest BCUT2D eigenvalue weighted by atomic mass is 10.1. The zero-order valence-electron chi connectivity index (χ0n) is 13.1. The summed E-state index contributed by atoms with van der Waals surface area (Å²) in [5.74, 6) is -3.90. The highest BCUT2D eigenvalue weighted by Crippen LogP contribution is 2.00. The van der Waals surface area contributed by atoms with Crippen molar-refractivity contribution in [3.8, 4) is 0 Å². The average molecular weight is 368 g/mol. The van der Waals surface area contributed by atoms with Crippen molar-refractivity contribution < 1.29 is 32.5 Å². The summed E-state index contributed by atoms with van der Waals surface area (Å²) in [6.07, 6.45) is 1.16. The number of aliphatic carboxylic acids is 1. The van der Waals surface area contributed by atoms with Crippen molar-refractivity contribution in [1.82, 2.24) is 10.6 Å². The third-order valence-electron chi connectivity index (χ3n) is 2.95. The van der Waals surface area contributed by atoms with Crippen molar-refractivity contribution in [2.24, 2.45) is 11.5 Å². The minimum Gasteiger partial charge on any atom is -0.481 e. The van der Waals surface area contributed by atoms with E-state index >= 15 is 0 Å². The molecule has 2 atom stereocenters. The molecular formula is C12H24N4O7S. The van der Waals surface area contributed by atoms with Gasteiger partial charge in [-0.25, -0.2) is 0 Å².